The molecule has 2 rings (SSSR count). The number of likely N-dealkylation sites (tertiary alicyclic amines) is 1. The minimum atomic E-state index is -0.725. The summed E-state index contributed by atoms with van der Waals surface area (Å²) in [5.74, 6) is -0.291. The van der Waals surface area contributed by atoms with Crippen LogP contribution in [-0.2, 0) is 9.59 Å². The quantitative estimate of drug-likeness (QED) is 0.659. The predicted octanol–water partition coefficient (Wildman–Crippen LogP) is -0.389. The lowest BCUT2D eigenvalue weighted by atomic mass is 9.97. The Morgan fingerprint density at radius 1 is 1.44 bits per heavy atom. The van der Waals surface area contributed by atoms with Crippen LogP contribution in [0.25, 0.3) is 0 Å². The van der Waals surface area contributed by atoms with E-state index in [1.165, 1.54) is 0 Å². The summed E-state index contributed by atoms with van der Waals surface area (Å²) in [6, 6.07) is 0. The second-order valence-corrected chi connectivity index (χ2v) is 4.17. The third-order valence-electron chi connectivity index (χ3n) is 3.16. The number of carboxylic acids is 1. The fourth-order valence-electron chi connectivity index (χ4n) is 2.10. The van der Waals surface area contributed by atoms with Gasteiger partial charge in [0.05, 0.1) is 5.92 Å². The number of carbonyl (C=O) groups excluding carboxylic acids is 1. The Morgan fingerprint density at radius 2 is 2.06 bits per heavy atom. The molecular formula is C10H15N3O3. The fraction of sp³-hybridized carbons (Fsp3) is 0.700. The highest BCUT2D eigenvalue weighted by Gasteiger charge is 2.31. The second-order valence-electron chi connectivity index (χ2n) is 4.17. The monoisotopic (exact) mass is 225 g/mol. The Morgan fingerprint density at radius 3 is 2.50 bits per heavy atom. The van der Waals surface area contributed by atoms with Gasteiger partial charge in [-0.1, -0.05) is 0 Å². The number of aliphatic imine (C=N–C) groups is 1. The molecule has 0 aliphatic carbocycles. The molecule has 6 heteroatoms. The van der Waals surface area contributed by atoms with E-state index in [-0.39, 0.29) is 18.4 Å². The summed E-state index contributed by atoms with van der Waals surface area (Å²) in [5, 5.41) is 8.87. The van der Waals surface area contributed by atoms with Crippen LogP contribution >= 0.6 is 0 Å². The van der Waals surface area contributed by atoms with E-state index in [9.17, 15) is 9.59 Å². The highest BCUT2D eigenvalue weighted by atomic mass is 16.4. The molecule has 16 heavy (non-hydrogen) atoms. The van der Waals surface area contributed by atoms with Gasteiger partial charge in [0.1, 0.15) is 6.54 Å². The topological polar surface area (TPSA) is 73.2 Å². The van der Waals surface area contributed by atoms with Gasteiger partial charge in [0.15, 0.2) is 0 Å². The van der Waals surface area contributed by atoms with E-state index in [1.807, 2.05) is 4.90 Å². The molecule has 1 N–H and O–H groups in total. The molecule has 0 unspecified atom stereocenters. The smallest absolute Gasteiger partial charge is 0.306 e. The Bertz CT molecular complexity index is 345. The first-order valence-corrected chi connectivity index (χ1v) is 5.38. The van der Waals surface area contributed by atoms with Crippen LogP contribution in [0.5, 0.6) is 0 Å². The number of likely N-dealkylation sites (N-methyl/N-ethyl adjacent to an activating group) is 1. The molecule has 88 valence electrons. The molecule has 0 aromatic heterocycles. The maximum Gasteiger partial charge on any atom is 0.306 e. The van der Waals surface area contributed by atoms with Crippen molar-refractivity contribution in [3.8, 4) is 0 Å². The van der Waals surface area contributed by atoms with Gasteiger partial charge in [-0.15, -0.1) is 0 Å². The van der Waals surface area contributed by atoms with Crippen LogP contribution in [0.15, 0.2) is 4.99 Å². The molecule has 0 radical (unpaired) electrons. The zero-order valence-electron chi connectivity index (χ0n) is 9.22. The van der Waals surface area contributed by atoms with Gasteiger partial charge in [0.25, 0.3) is 5.91 Å². The number of aliphatic carboxylic acids is 1. The number of hydrogen-bond acceptors (Lipinski definition) is 4. The van der Waals surface area contributed by atoms with E-state index < -0.39 is 5.97 Å². The summed E-state index contributed by atoms with van der Waals surface area (Å²) in [5.41, 5.74) is 0. The molecular weight excluding hydrogens is 210 g/mol. The highest BCUT2D eigenvalue weighted by Crippen LogP contribution is 2.19. The standard InChI is InChI=1S/C10H15N3O3/c1-12-8(14)6-11-10(12)13-4-2-7(3-5-13)9(15)16/h7H,2-6H2,1H3,(H,15,16). The zero-order valence-corrected chi connectivity index (χ0v) is 9.22. The number of amides is 1. The summed E-state index contributed by atoms with van der Waals surface area (Å²) < 4.78 is 0. The maximum atomic E-state index is 11.3. The molecule has 1 amide bonds. The first kappa shape index (κ1) is 10.9. The van der Waals surface area contributed by atoms with Crippen molar-refractivity contribution in [1.29, 1.82) is 0 Å². The zero-order chi connectivity index (χ0) is 11.7. The van der Waals surface area contributed by atoms with Gasteiger partial charge in [-0.25, -0.2) is 4.99 Å². The van der Waals surface area contributed by atoms with Crippen LogP contribution in [0, 0.1) is 5.92 Å². The summed E-state index contributed by atoms with van der Waals surface area (Å²) >= 11 is 0. The van der Waals surface area contributed by atoms with Crippen molar-refractivity contribution < 1.29 is 14.7 Å². The lowest BCUT2D eigenvalue weighted by Gasteiger charge is -2.33. The number of carbonyl (C=O) groups is 2. The molecule has 1 fully saturated rings. The molecule has 0 spiro atoms. The van der Waals surface area contributed by atoms with E-state index in [4.69, 9.17) is 5.11 Å². The van der Waals surface area contributed by atoms with E-state index in [0.29, 0.717) is 31.9 Å². The van der Waals surface area contributed by atoms with Crippen molar-refractivity contribution in [1.82, 2.24) is 9.80 Å². The number of piperidine rings is 1. The van der Waals surface area contributed by atoms with Gasteiger partial charge in [-0.2, -0.15) is 0 Å². The minimum Gasteiger partial charge on any atom is -0.481 e. The van der Waals surface area contributed by atoms with Gasteiger partial charge in [0.2, 0.25) is 5.96 Å². The van der Waals surface area contributed by atoms with Crippen LogP contribution in [0.3, 0.4) is 0 Å². The molecule has 2 aliphatic heterocycles. The van der Waals surface area contributed by atoms with E-state index in [1.54, 1.807) is 11.9 Å². The largest absolute Gasteiger partial charge is 0.481 e. The molecule has 6 nitrogen and oxygen atoms in total. The van der Waals surface area contributed by atoms with Gasteiger partial charge >= 0.3 is 5.97 Å². The van der Waals surface area contributed by atoms with E-state index >= 15 is 0 Å². The average Bonchev–Trinajstić information content (AvgIpc) is 2.60. The van der Waals surface area contributed by atoms with Crippen LogP contribution < -0.4 is 0 Å². The number of hydrogen-bond donors (Lipinski definition) is 1. The Balaban J connectivity index is 1.95. The first-order valence-electron chi connectivity index (χ1n) is 5.38. The van der Waals surface area contributed by atoms with E-state index in [0.717, 1.165) is 0 Å². The van der Waals surface area contributed by atoms with Gasteiger partial charge in [0, 0.05) is 20.1 Å². The number of guanidine groups is 1. The third-order valence-corrected chi connectivity index (χ3v) is 3.16. The number of rotatable bonds is 1. The lowest BCUT2D eigenvalue weighted by molar-refractivity contribution is -0.143. The minimum absolute atomic E-state index is 0.00430. The van der Waals surface area contributed by atoms with Crippen molar-refractivity contribution in [3.63, 3.8) is 0 Å². The van der Waals surface area contributed by atoms with Crippen molar-refractivity contribution >= 4 is 17.8 Å². The molecule has 2 heterocycles. The number of nitrogens with zero attached hydrogens (tertiary/aromatic N) is 3. The van der Waals surface area contributed by atoms with Crippen molar-refractivity contribution in [2.24, 2.45) is 10.9 Å². The van der Waals surface area contributed by atoms with Crippen LogP contribution in [0.4, 0.5) is 0 Å². The van der Waals surface area contributed by atoms with Crippen molar-refractivity contribution in [2.45, 2.75) is 12.8 Å². The Labute approximate surface area is 93.5 Å². The third kappa shape index (κ3) is 1.87. The maximum absolute atomic E-state index is 11.3. The second kappa shape index (κ2) is 4.11. The highest BCUT2D eigenvalue weighted by molar-refractivity contribution is 6.02. The van der Waals surface area contributed by atoms with Gasteiger partial charge in [-0.3, -0.25) is 14.5 Å². The number of carboxylic acid groups (broad SMARTS) is 1. The molecule has 2 aliphatic rings. The molecule has 0 atom stereocenters. The van der Waals surface area contributed by atoms with Crippen molar-refractivity contribution in [2.75, 3.05) is 26.7 Å². The Hall–Kier alpha value is -1.59. The molecule has 0 aromatic rings. The van der Waals surface area contributed by atoms with Crippen LogP contribution in [0.1, 0.15) is 12.8 Å². The van der Waals surface area contributed by atoms with Crippen molar-refractivity contribution in [3.05, 3.63) is 0 Å². The normalized spacial score (nSPS) is 22.6. The van der Waals surface area contributed by atoms with E-state index in [2.05, 4.69) is 4.99 Å². The van der Waals surface area contributed by atoms with Gasteiger partial charge < -0.3 is 10.0 Å². The van der Waals surface area contributed by atoms with Crippen LogP contribution in [0.2, 0.25) is 0 Å². The van der Waals surface area contributed by atoms with Crippen LogP contribution in [-0.4, -0.2) is 59.4 Å². The Kier molecular flexibility index (Phi) is 2.80. The predicted molar refractivity (Wildman–Crippen MR) is 57.0 cm³/mol. The fourth-order valence-corrected chi connectivity index (χ4v) is 2.10. The first-order chi connectivity index (χ1) is 7.59. The average molecular weight is 225 g/mol. The molecule has 1 saturated heterocycles. The summed E-state index contributed by atoms with van der Waals surface area (Å²) in [6.07, 6.45) is 1.24. The summed E-state index contributed by atoms with van der Waals surface area (Å²) in [7, 11) is 1.71. The molecule has 0 aromatic carbocycles. The molecule has 0 bridgehead atoms. The SMILES string of the molecule is CN1C(=O)CN=C1N1CCC(C(=O)O)CC1. The molecule has 0 saturated carbocycles. The summed E-state index contributed by atoms with van der Waals surface area (Å²) in [4.78, 5) is 29.8. The lowest BCUT2D eigenvalue weighted by Crippen LogP contribution is -2.46. The van der Waals surface area contributed by atoms with Gasteiger partial charge in [-0.05, 0) is 12.8 Å². The summed E-state index contributed by atoms with van der Waals surface area (Å²) in [6.45, 7) is 1.53.